The zero-order valence-corrected chi connectivity index (χ0v) is 12.4. The number of nitrogens with zero attached hydrogens (tertiary/aromatic N) is 1. The van der Waals surface area contributed by atoms with Crippen LogP contribution in [0.4, 0.5) is 5.69 Å². The second-order valence-corrected chi connectivity index (χ2v) is 4.38. The summed E-state index contributed by atoms with van der Waals surface area (Å²) in [5, 5.41) is 0. The first kappa shape index (κ1) is 16.2. The number of esters is 1. The number of rotatable bonds is 6. The molecule has 1 amide bonds. The van der Waals surface area contributed by atoms with E-state index in [0.29, 0.717) is 0 Å². The summed E-state index contributed by atoms with van der Waals surface area (Å²) in [6, 6.07) is 6.81. The second-order valence-electron chi connectivity index (χ2n) is 4.38. The van der Waals surface area contributed by atoms with Crippen LogP contribution < -0.4 is 4.90 Å². The average molecular weight is 279 g/mol. The van der Waals surface area contributed by atoms with E-state index >= 15 is 0 Å². The van der Waals surface area contributed by atoms with E-state index in [-0.39, 0.29) is 12.5 Å². The molecule has 1 aromatic carbocycles. The van der Waals surface area contributed by atoms with Crippen molar-refractivity contribution in [2.24, 2.45) is 0 Å². The van der Waals surface area contributed by atoms with Gasteiger partial charge in [-0.3, -0.25) is 9.69 Å². The number of benzene rings is 1. The Kier molecular flexibility index (Phi) is 6.18. The molecule has 110 valence electrons. The lowest BCUT2D eigenvalue weighted by Crippen LogP contribution is -2.46. The van der Waals surface area contributed by atoms with E-state index in [4.69, 9.17) is 9.47 Å². The van der Waals surface area contributed by atoms with Crippen LogP contribution in [0.1, 0.15) is 19.4 Å². The Morgan fingerprint density at radius 1 is 1.25 bits per heavy atom. The molecule has 0 fully saturated rings. The summed E-state index contributed by atoms with van der Waals surface area (Å²) in [5.74, 6) is -0.730. The van der Waals surface area contributed by atoms with Crippen molar-refractivity contribution in [1.29, 1.82) is 0 Å². The number of carbonyl (C=O) groups is 2. The highest BCUT2D eigenvalue weighted by atomic mass is 16.5. The molecular weight excluding hydrogens is 258 g/mol. The van der Waals surface area contributed by atoms with Crippen LogP contribution in [0.3, 0.4) is 0 Å². The van der Waals surface area contributed by atoms with Crippen molar-refractivity contribution in [2.75, 3.05) is 25.7 Å². The summed E-state index contributed by atoms with van der Waals surface area (Å²) in [6.45, 7) is 3.56. The average Bonchev–Trinajstić information content (AvgIpc) is 2.47. The number of hydrogen-bond acceptors (Lipinski definition) is 4. The number of anilines is 1. The van der Waals surface area contributed by atoms with Crippen LogP contribution in [-0.2, 0) is 25.5 Å². The zero-order valence-electron chi connectivity index (χ0n) is 12.4. The second kappa shape index (κ2) is 7.65. The largest absolute Gasteiger partial charge is 0.467 e. The predicted octanol–water partition coefficient (Wildman–Crippen LogP) is 1.79. The first-order valence-corrected chi connectivity index (χ1v) is 6.53. The molecule has 1 unspecified atom stereocenters. The fourth-order valence-corrected chi connectivity index (χ4v) is 2.07. The molecule has 5 nitrogen and oxygen atoms in total. The first-order valence-electron chi connectivity index (χ1n) is 6.53. The van der Waals surface area contributed by atoms with Crippen molar-refractivity contribution in [3.63, 3.8) is 0 Å². The molecule has 0 spiro atoms. The summed E-state index contributed by atoms with van der Waals surface area (Å²) in [7, 11) is 2.76. The van der Waals surface area contributed by atoms with E-state index in [1.165, 1.54) is 19.1 Å². The molecule has 1 aromatic rings. The lowest BCUT2D eigenvalue weighted by atomic mass is 10.1. The van der Waals surface area contributed by atoms with Crippen molar-refractivity contribution in [2.45, 2.75) is 26.3 Å². The van der Waals surface area contributed by atoms with Gasteiger partial charge < -0.3 is 9.47 Å². The van der Waals surface area contributed by atoms with Gasteiger partial charge in [0, 0.05) is 12.8 Å². The number of aryl methyl sites for hydroxylation is 1. The van der Waals surface area contributed by atoms with E-state index in [0.717, 1.165) is 17.7 Å². The quantitative estimate of drug-likeness (QED) is 0.745. The third-order valence-corrected chi connectivity index (χ3v) is 3.10. The van der Waals surface area contributed by atoms with Crippen molar-refractivity contribution < 1.29 is 19.1 Å². The van der Waals surface area contributed by atoms with Crippen LogP contribution in [0.5, 0.6) is 0 Å². The smallest absolute Gasteiger partial charge is 0.328 e. The maximum absolute atomic E-state index is 12.3. The molecule has 0 aliphatic carbocycles. The standard InChI is InChI=1S/C15H21NO4/c1-5-12-8-6-7-9-13(12)16(14(17)10-19-3)11(2)15(18)20-4/h6-9,11H,5,10H2,1-4H3. The van der Waals surface area contributed by atoms with Gasteiger partial charge in [-0.05, 0) is 25.0 Å². The van der Waals surface area contributed by atoms with E-state index in [1.54, 1.807) is 6.92 Å². The minimum atomic E-state index is -0.699. The van der Waals surface area contributed by atoms with E-state index in [1.807, 2.05) is 31.2 Å². The summed E-state index contributed by atoms with van der Waals surface area (Å²) in [6.07, 6.45) is 0.765. The molecule has 1 atom stereocenters. The topological polar surface area (TPSA) is 55.8 Å². The van der Waals surface area contributed by atoms with Crippen molar-refractivity contribution in [1.82, 2.24) is 0 Å². The third kappa shape index (κ3) is 3.57. The van der Waals surface area contributed by atoms with Gasteiger partial charge in [-0.15, -0.1) is 0 Å². The van der Waals surface area contributed by atoms with Crippen LogP contribution in [0.25, 0.3) is 0 Å². The molecular formula is C15H21NO4. The Labute approximate surface area is 119 Å². The third-order valence-electron chi connectivity index (χ3n) is 3.10. The highest BCUT2D eigenvalue weighted by Crippen LogP contribution is 2.24. The van der Waals surface area contributed by atoms with Crippen LogP contribution in [0, 0.1) is 0 Å². The normalized spacial score (nSPS) is 11.8. The van der Waals surface area contributed by atoms with Gasteiger partial charge in [-0.25, -0.2) is 4.79 Å². The van der Waals surface area contributed by atoms with Gasteiger partial charge in [-0.1, -0.05) is 25.1 Å². The molecule has 0 aliphatic heterocycles. The Morgan fingerprint density at radius 2 is 1.90 bits per heavy atom. The first-order chi connectivity index (χ1) is 9.56. The predicted molar refractivity (Wildman–Crippen MR) is 76.7 cm³/mol. The molecule has 0 N–H and O–H groups in total. The van der Waals surface area contributed by atoms with Crippen LogP contribution in [-0.4, -0.2) is 38.7 Å². The lowest BCUT2D eigenvalue weighted by Gasteiger charge is -2.29. The highest BCUT2D eigenvalue weighted by molar-refractivity contribution is 6.00. The summed E-state index contributed by atoms with van der Waals surface area (Å²) < 4.78 is 9.64. The van der Waals surface area contributed by atoms with Gasteiger partial charge in [0.1, 0.15) is 12.6 Å². The van der Waals surface area contributed by atoms with Gasteiger partial charge in [0.15, 0.2) is 0 Å². The molecule has 5 heteroatoms. The maximum Gasteiger partial charge on any atom is 0.328 e. The zero-order chi connectivity index (χ0) is 15.1. The number of ether oxygens (including phenoxy) is 2. The Morgan fingerprint density at radius 3 is 2.45 bits per heavy atom. The number of methoxy groups -OCH3 is 2. The van der Waals surface area contributed by atoms with Crippen molar-refractivity contribution in [3.8, 4) is 0 Å². The fraction of sp³-hybridized carbons (Fsp3) is 0.467. The lowest BCUT2D eigenvalue weighted by molar-refractivity contribution is -0.143. The minimum absolute atomic E-state index is 0.0839. The van der Waals surface area contributed by atoms with Crippen molar-refractivity contribution >= 4 is 17.6 Å². The molecule has 0 aromatic heterocycles. The molecule has 0 bridgehead atoms. The molecule has 1 rings (SSSR count). The Hall–Kier alpha value is -1.88. The van der Waals surface area contributed by atoms with Crippen LogP contribution >= 0.6 is 0 Å². The minimum Gasteiger partial charge on any atom is -0.467 e. The van der Waals surface area contributed by atoms with Gasteiger partial charge in [0.2, 0.25) is 0 Å². The summed E-state index contributed by atoms with van der Waals surface area (Å²) in [4.78, 5) is 25.5. The number of hydrogen-bond donors (Lipinski definition) is 0. The molecule has 0 saturated heterocycles. The maximum atomic E-state index is 12.3. The van der Waals surface area contributed by atoms with Gasteiger partial charge in [-0.2, -0.15) is 0 Å². The molecule has 0 saturated carbocycles. The fourth-order valence-electron chi connectivity index (χ4n) is 2.07. The summed E-state index contributed by atoms with van der Waals surface area (Å²) in [5.41, 5.74) is 1.71. The number of para-hydroxylation sites is 1. The number of carbonyl (C=O) groups excluding carboxylic acids is 2. The highest BCUT2D eigenvalue weighted by Gasteiger charge is 2.29. The monoisotopic (exact) mass is 279 g/mol. The number of amides is 1. The SMILES string of the molecule is CCc1ccccc1N(C(=O)COC)C(C)C(=O)OC. The molecule has 0 radical (unpaired) electrons. The Balaban J connectivity index is 3.22. The van der Waals surface area contributed by atoms with E-state index in [2.05, 4.69) is 0 Å². The van der Waals surface area contributed by atoms with Gasteiger partial charge >= 0.3 is 5.97 Å². The van der Waals surface area contributed by atoms with Crippen LogP contribution in [0.15, 0.2) is 24.3 Å². The van der Waals surface area contributed by atoms with Gasteiger partial charge in [0.05, 0.1) is 7.11 Å². The summed E-state index contributed by atoms with van der Waals surface area (Å²) >= 11 is 0. The van der Waals surface area contributed by atoms with Gasteiger partial charge in [0.25, 0.3) is 5.91 Å². The van der Waals surface area contributed by atoms with Crippen molar-refractivity contribution in [3.05, 3.63) is 29.8 Å². The molecule has 0 aliphatic rings. The Bertz CT molecular complexity index is 473. The van der Waals surface area contributed by atoms with E-state index in [9.17, 15) is 9.59 Å². The van der Waals surface area contributed by atoms with Crippen LogP contribution in [0.2, 0.25) is 0 Å². The molecule has 20 heavy (non-hydrogen) atoms. The van der Waals surface area contributed by atoms with E-state index < -0.39 is 12.0 Å². The molecule has 0 heterocycles.